The molecular weight excluding hydrogens is 298 g/mol. The quantitative estimate of drug-likeness (QED) is 0.649. The summed E-state index contributed by atoms with van der Waals surface area (Å²) < 4.78 is 49.0. The van der Waals surface area contributed by atoms with Gasteiger partial charge in [0.25, 0.3) is 0 Å². The minimum absolute atomic E-state index is 0.230. The van der Waals surface area contributed by atoms with E-state index < -0.39 is 30.9 Å². The highest BCUT2D eigenvalue weighted by atomic mass is 32.2. The van der Waals surface area contributed by atoms with Gasteiger partial charge in [-0.3, -0.25) is 4.79 Å². The Labute approximate surface area is 117 Å². The fraction of sp³-hybridized carbons (Fsp3) is 0.417. The molecule has 0 saturated carbocycles. The van der Waals surface area contributed by atoms with Crippen LogP contribution < -0.4 is 5.32 Å². The first-order chi connectivity index (χ1) is 9.29. The molecule has 0 saturated heterocycles. The van der Waals surface area contributed by atoms with Gasteiger partial charge in [0.15, 0.2) is 0 Å². The summed E-state index contributed by atoms with van der Waals surface area (Å²) in [6.45, 7) is -1.31. The number of carbonyl (C=O) groups is 1. The molecule has 0 fully saturated rings. The minimum atomic E-state index is -5.12. The average Bonchev–Trinajstić information content (AvgIpc) is 2.42. The van der Waals surface area contributed by atoms with E-state index in [9.17, 15) is 27.5 Å². The molecule has 1 amide bonds. The molecule has 1 aromatic carbocycles. The highest BCUT2D eigenvalue weighted by molar-refractivity contribution is 7.98. The molecule has 1 aromatic rings. The molecule has 20 heavy (non-hydrogen) atoms. The maximum Gasteiger partial charge on any atom is 0.471 e. The number of carbonyl (C=O) groups excluding carboxylic acids is 1. The summed E-state index contributed by atoms with van der Waals surface area (Å²) in [6, 6.07) is 4.58. The van der Waals surface area contributed by atoms with Crippen LogP contribution in [0.2, 0.25) is 0 Å². The normalized spacial score (nSPS) is 14.7. The van der Waals surface area contributed by atoms with Crippen LogP contribution in [0.5, 0.6) is 0 Å². The van der Waals surface area contributed by atoms with Crippen molar-refractivity contribution in [2.75, 3.05) is 12.9 Å². The van der Waals surface area contributed by atoms with Crippen LogP contribution in [-0.2, 0) is 4.79 Å². The van der Waals surface area contributed by atoms with E-state index in [1.165, 1.54) is 29.2 Å². The first-order valence-electron chi connectivity index (χ1n) is 5.55. The molecule has 0 heterocycles. The summed E-state index contributed by atoms with van der Waals surface area (Å²) in [5, 5.41) is 11.3. The smallest absolute Gasteiger partial charge is 0.386 e. The van der Waals surface area contributed by atoms with Gasteiger partial charge < -0.3 is 10.4 Å². The number of benzene rings is 1. The van der Waals surface area contributed by atoms with Crippen molar-refractivity contribution < 1.29 is 27.5 Å². The van der Waals surface area contributed by atoms with Crippen LogP contribution in [0.4, 0.5) is 17.6 Å². The lowest BCUT2D eigenvalue weighted by Crippen LogP contribution is -2.46. The monoisotopic (exact) mass is 311 g/mol. The Kier molecular flexibility index (Phi) is 5.82. The third-order valence-electron chi connectivity index (χ3n) is 2.58. The lowest BCUT2D eigenvalue weighted by atomic mass is 10.0. The fourth-order valence-electron chi connectivity index (χ4n) is 1.49. The fourth-order valence-corrected chi connectivity index (χ4v) is 1.89. The third kappa shape index (κ3) is 4.38. The van der Waals surface area contributed by atoms with E-state index in [1.807, 2.05) is 6.26 Å². The number of amides is 1. The van der Waals surface area contributed by atoms with Gasteiger partial charge in [-0.1, -0.05) is 12.1 Å². The zero-order chi connectivity index (χ0) is 15.3. The van der Waals surface area contributed by atoms with Crippen LogP contribution in [0.1, 0.15) is 11.7 Å². The van der Waals surface area contributed by atoms with Crippen LogP contribution in [0.25, 0.3) is 0 Å². The number of hydrogen-bond donors (Lipinski definition) is 2. The van der Waals surface area contributed by atoms with Crippen molar-refractivity contribution in [1.29, 1.82) is 0 Å². The predicted octanol–water partition coefficient (Wildman–Crippen LogP) is 2.46. The average molecular weight is 311 g/mol. The van der Waals surface area contributed by atoms with Crippen molar-refractivity contribution in [1.82, 2.24) is 5.32 Å². The van der Waals surface area contributed by atoms with E-state index in [4.69, 9.17) is 0 Å². The zero-order valence-electron chi connectivity index (χ0n) is 10.4. The van der Waals surface area contributed by atoms with E-state index in [-0.39, 0.29) is 5.56 Å². The molecule has 8 heteroatoms. The van der Waals surface area contributed by atoms with E-state index >= 15 is 0 Å². The number of halogens is 4. The topological polar surface area (TPSA) is 49.3 Å². The van der Waals surface area contributed by atoms with Gasteiger partial charge >= 0.3 is 12.1 Å². The van der Waals surface area contributed by atoms with Crippen molar-refractivity contribution >= 4 is 17.7 Å². The molecule has 3 nitrogen and oxygen atoms in total. The number of aliphatic hydroxyl groups is 1. The molecular formula is C12H13F4NO2S. The summed E-state index contributed by atoms with van der Waals surface area (Å²) in [5.41, 5.74) is 0.230. The molecule has 2 atom stereocenters. The van der Waals surface area contributed by atoms with Crippen LogP contribution in [0.15, 0.2) is 29.2 Å². The Morgan fingerprint density at radius 1 is 1.35 bits per heavy atom. The highest BCUT2D eigenvalue weighted by Crippen LogP contribution is 2.23. The molecule has 112 valence electrons. The Morgan fingerprint density at radius 2 is 1.90 bits per heavy atom. The first kappa shape index (κ1) is 16.8. The summed E-state index contributed by atoms with van der Waals surface area (Å²) in [7, 11) is 0. The van der Waals surface area contributed by atoms with E-state index in [1.54, 1.807) is 12.1 Å². The van der Waals surface area contributed by atoms with E-state index in [0.29, 0.717) is 0 Å². The van der Waals surface area contributed by atoms with Gasteiger partial charge in [0, 0.05) is 4.90 Å². The lowest BCUT2D eigenvalue weighted by molar-refractivity contribution is -0.175. The highest BCUT2D eigenvalue weighted by Gasteiger charge is 2.40. The second-order valence-electron chi connectivity index (χ2n) is 3.95. The molecule has 2 unspecified atom stereocenters. The number of rotatable bonds is 5. The van der Waals surface area contributed by atoms with Gasteiger partial charge in [-0.05, 0) is 24.0 Å². The largest absolute Gasteiger partial charge is 0.471 e. The Balaban J connectivity index is 2.80. The second-order valence-corrected chi connectivity index (χ2v) is 4.83. The summed E-state index contributed by atoms with van der Waals surface area (Å²) in [6.07, 6.45) is -4.84. The molecule has 0 aliphatic rings. The Hall–Kier alpha value is -1.28. The Morgan fingerprint density at radius 3 is 2.30 bits per heavy atom. The van der Waals surface area contributed by atoms with Crippen molar-refractivity contribution in [2.24, 2.45) is 0 Å². The number of aliphatic hydroxyl groups excluding tert-OH is 1. The lowest BCUT2D eigenvalue weighted by Gasteiger charge is -2.22. The van der Waals surface area contributed by atoms with Crippen molar-refractivity contribution in [2.45, 2.75) is 23.2 Å². The van der Waals surface area contributed by atoms with Gasteiger partial charge in [-0.2, -0.15) is 13.2 Å². The van der Waals surface area contributed by atoms with Gasteiger partial charge in [-0.25, -0.2) is 4.39 Å². The van der Waals surface area contributed by atoms with Crippen molar-refractivity contribution in [3.63, 3.8) is 0 Å². The number of alkyl halides is 4. The van der Waals surface area contributed by atoms with E-state index in [2.05, 4.69) is 0 Å². The molecule has 0 radical (unpaired) electrons. The molecule has 1 rings (SSSR count). The van der Waals surface area contributed by atoms with Gasteiger partial charge in [-0.15, -0.1) is 11.8 Å². The molecule has 0 aliphatic heterocycles. The number of thioether (sulfide) groups is 1. The second kappa shape index (κ2) is 6.94. The van der Waals surface area contributed by atoms with Crippen LogP contribution in [0, 0.1) is 0 Å². The standard InChI is InChI=1S/C12H13F4NO2S/c1-20-8-4-2-7(3-5-8)10(18)9(6-13)17-11(19)12(14,15)16/h2-5,9-10,18H,6H2,1H3,(H,17,19). The van der Waals surface area contributed by atoms with Crippen molar-refractivity contribution in [3.05, 3.63) is 29.8 Å². The SMILES string of the molecule is CSc1ccc(C(O)C(CF)NC(=O)C(F)(F)F)cc1. The molecule has 0 aliphatic carbocycles. The van der Waals surface area contributed by atoms with Crippen molar-refractivity contribution in [3.8, 4) is 0 Å². The maximum absolute atomic E-state index is 12.7. The van der Waals surface area contributed by atoms with Crippen LogP contribution in [0.3, 0.4) is 0 Å². The summed E-state index contributed by atoms with van der Waals surface area (Å²) in [4.78, 5) is 11.6. The Bertz CT molecular complexity index is 450. The maximum atomic E-state index is 12.7. The summed E-state index contributed by atoms with van der Waals surface area (Å²) >= 11 is 1.44. The van der Waals surface area contributed by atoms with Gasteiger partial charge in [0.1, 0.15) is 12.8 Å². The third-order valence-corrected chi connectivity index (χ3v) is 3.32. The number of hydrogen-bond acceptors (Lipinski definition) is 3. The van der Waals surface area contributed by atoms with Gasteiger partial charge in [0.2, 0.25) is 0 Å². The van der Waals surface area contributed by atoms with Crippen LogP contribution in [-0.4, -0.2) is 36.2 Å². The molecule has 0 bridgehead atoms. The molecule has 0 aromatic heterocycles. The van der Waals surface area contributed by atoms with E-state index in [0.717, 1.165) is 4.90 Å². The van der Waals surface area contributed by atoms with Gasteiger partial charge in [0.05, 0.1) is 6.04 Å². The minimum Gasteiger partial charge on any atom is -0.386 e. The predicted molar refractivity (Wildman–Crippen MR) is 67.1 cm³/mol. The molecule has 2 N–H and O–H groups in total. The summed E-state index contributed by atoms with van der Waals surface area (Å²) in [5.74, 6) is -2.28. The first-order valence-corrected chi connectivity index (χ1v) is 6.77. The number of nitrogens with one attached hydrogen (secondary N) is 1. The zero-order valence-corrected chi connectivity index (χ0v) is 11.3. The molecule has 0 spiro atoms. The van der Waals surface area contributed by atoms with Crippen LogP contribution >= 0.6 is 11.8 Å².